The fourth-order valence-electron chi connectivity index (χ4n) is 5.57. The van der Waals surface area contributed by atoms with Gasteiger partial charge in [-0.2, -0.15) is 0 Å². The zero-order valence-corrected chi connectivity index (χ0v) is 23.2. The molecule has 2 aliphatic heterocycles. The van der Waals surface area contributed by atoms with Crippen LogP contribution in [-0.4, -0.2) is 78.4 Å². The van der Waals surface area contributed by atoms with Crippen LogP contribution >= 0.6 is 0 Å². The number of anilines is 1. The summed E-state index contributed by atoms with van der Waals surface area (Å²) in [5.41, 5.74) is 2.94. The third kappa shape index (κ3) is 6.30. The van der Waals surface area contributed by atoms with Gasteiger partial charge >= 0.3 is 12.1 Å². The number of piperidine rings is 1. The maximum absolute atomic E-state index is 12.5. The van der Waals surface area contributed by atoms with Crippen LogP contribution < -0.4 is 4.90 Å². The Balaban J connectivity index is 1.32. The van der Waals surface area contributed by atoms with E-state index >= 15 is 0 Å². The molecule has 2 heterocycles. The van der Waals surface area contributed by atoms with Crippen LogP contribution in [0.5, 0.6) is 0 Å². The fourth-order valence-corrected chi connectivity index (χ4v) is 5.57. The van der Waals surface area contributed by atoms with Gasteiger partial charge in [0.1, 0.15) is 11.6 Å². The van der Waals surface area contributed by atoms with Gasteiger partial charge < -0.3 is 19.5 Å². The van der Waals surface area contributed by atoms with Crippen LogP contribution in [0.3, 0.4) is 0 Å². The van der Waals surface area contributed by atoms with Crippen LogP contribution in [0.15, 0.2) is 54.6 Å². The first kappa shape index (κ1) is 27.9. The zero-order valence-electron chi connectivity index (χ0n) is 23.2. The van der Waals surface area contributed by atoms with Crippen molar-refractivity contribution in [3.05, 3.63) is 65.7 Å². The van der Waals surface area contributed by atoms with Crippen LogP contribution in [0.25, 0.3) is 0 Å². The van der Waals surface area contributed by atoms with E-state index < -0.39 is 23.7 Å². The first-order chi connectivity index (χ1) is 18.0. The quantitative estimate of drug-likeness (QED) is 0.562. The molecule has 0 saturated carbocycles. The maximum Gasteiger partial charge on any atom is 0.411 e. The molecule has 206 valence electrons. The number of carboxylic acid groups (broad SMARTS) is 1. The van der Waals surface area contributed by atoms with Crippen molar-refractivity contribution in [1.29, 1.82) is 0 Å². The maximum atomic E-state index is 12.5. The average molecular weight is 524 g/mol. The molecule has 2 aliphatic rings. The number of amides is 1. The number of aliphatic carboxylic acids is 1. The summed E-state index contributed by atoms with van der Waals surface area (Å²) in [4.78, 5) is 30.3. The highest BCUT2D eigenvalue weighted by Gasteiger charge is 2.42. The average Bonchev–Trinajstić information content (AvgIpc) is 3.32. The molecular formula is C30H41N3O5. The van der Waals surface area contributed by atoms with E-state index in [9.17, 15) is 14.7 Å². The Hall–Kier alpha value is -3.10. The summed E-state index contributed by atoms with van der Waals surface area (Å²) in [6.07, 6.45) is 1.37. The number of carboxylic acids is 1. The molecule has 0 spiro atoms. The predicted octanol–water partition coefficient (Wildman–Crippen LogP) is 4.72. The van der Waals surface area contributed by atoms with Crippen molar-refractivity contribution in [3.63, 3.8) is 0 Å². The normalized spacial score (nSPS) is 21.5. The van der Waals surface area contributed by atoms with Gasteiger partial charge in [0, 0.05) is 30.7 Å². The Morgan fingerprint density at radius 3 is 2.21 bits per heavy atom. The molecule has 0 radical (unpaired) electrons. The number of hydrogen-bond acceptors (Lipinski definition) is 6. The number of rotatable bonds is 7. The SMILES string of the molecule is CN(C)C1(c2ccccc2)CCN(c2ccc(CO[C@H]3C[C@@H](C(=O)O)N(C(=O)OC(C)(C)C)C3)cc2)CC1. The Morgan fingerprint density at radius 1 is 1.03 bits per heavy atom. The van der Waals surface area contributed by atoms with Crippen molar-refractivity contribution >= 4 is 17.7 Å². The van der Waals surface area contributed by atoms with Gasteiger partial charge in [-0.1, -0.05) is 42.5 Å². The lowest BCUT2D eigenvalue weighted by molar-refractivity contribution is -0.142. The van der Waals surface area contributed by atoms with E-state index in [1.165, 1.54) is 16.2 Å². The highest BCUT2D eigenvalue weighted by atomic mass is 16.6. The van der Waals surface area contributed by atoms with Crippen LogP contribution in [0.1, 0.15) is 51.2 Å². The first-order valence-corrected chi connectivity index (χ1v) is 13.4. The third-order valence-electron chi connectivity index (χ3n) is 7.72. The molecule has 2 saturated heterocycles. The zero-order chi connectivity index (χ0) is 27.5. The standard InChI is InChI=1S/C30H41N3O5/c1-29(2,3)38-28(36)33-20-25(19-26(33)27(34)35)37-21-22-11-13-24(14-12-22)32-17-15-30(16-18-32,31(4)5)23-9-7-6-8-10-23/h6-14,25-26H,15-21H2,1-5H3,(H,34,35)/t25-,26-/m0/s1. The fraction of sp³-hybridized carbons (Fsp3) is 0.533. The monoisotopic (exact) mass is 523 g/mol. The minimum atomic E-state index is -1.04. The summed E-state index contributed by atoms with van der Waals surface area (Å²) < 4.78 is 11.4. The van der Waals surface area contributed by atoms with E-state index in [-0.39, 0.29) is 24.6 Å². The Morgan fingerprint density at radius 2 is 1.66 bits per heavy atom. The molecule has 4 rings (SSSR count). The number of benzene rings is 2. The lowest BCUT2D eigenvalue weighted by Gasteiger charge is -2.47. The van der Waals surface area contributed by atoms with Crippen molar-refractivity contribution in [2.75, 3.05) is 38.6 Å². The molecule has 2 aromatic rings. The van der Waals surface area contributed by atoms with E-state index in [0.717, 1.165) is 31.5 Å². The van der Waals surface area contributed by atoms with Gasteiger partial charge in [0.2, 0.25) is 0 Å². The second-order valence-corrected chi connectivity index (χ2v) is 11.6. The van der Waals surface area contributed by atoms with Gasteiger partial charge in [-0.15, -0.1) is 0 Å². The third-order valence-corrected chi connectivity index (χ3v) is 7.72. The Kier molecular flexibility index (Phi) is 8.33. The van der Waals surface area contributed by atoms with Gasteiger partial charge in [-0.3, -0.25) is 9.80 Å². The predicted molar refractivity (Wildman–Crippen MR) is 147 cm³/mol. The van der Waals surface area contributed by atoms with Crippen molar-refractivity contribution < 1.29 is 24.2 Å². The first-order valence-electron chi connectivity index (χ1n) is 13.4. The minimum Gasteiger partial charge on any atom is -0.480 e. The largest absolute Gasteiger partial charge is 0.480 e. The number of ether oxygens (including phenoxy) is 2. The number of carbonyl (C=O) groups excluding carboxylic acids is 1. The second kappa shape index (κ2) is 11.3. The molecule has 8 nitrogen and oxygen atoms in total. The van der Waals surface area contributed by atoms with E-state index in [1.54, 1.807) is 20.8 Å². The summed E-state index contributed by atoms with van der Waals surface area (Å²) in [6.45, 7) is 7.80. The molecule has 0 unspecified atom stereocenters. The number of nitrogens with zero attached hydrogens (tertiary/aromatic N) is 3. The molecule has 38 heavy (non-hydrogen) atoms. The van der Waals surface area contributed by atoms with Crippen molar-refractivity contribution in [3.8, 4) is 0 Å². The topological polar surface area (TPSA) is 82.6 Å². The Bertz CT molecular complexity index is 1090. The van der Waals surface area contributed by atoms with Gasteiger partial charge in [0.15, 0.2) is 0 Å². The van der Waals surface area contributed by atoms with E-state index in [0.29, 0.717) is 6.61 Å². The van der Waals surface area contributed by atoms with Crippen LogP contribution in [0, 0.1) is 0 Å². The van der Waals surface area contributed by atoms with Gasteiger partial charge in [0.25, 0.3) is 0 Å². The molecule has 0 bridgehead atoms. The second-order valence-electron chi connectivity index (χ2n) is 11.6. The molecule has 1 amide bonds. The van der Waals surface area contributed by atoms with Gasteiger partial charge in [0.05, 0.1) is 19.3 Å². The molecule has 2 fully saturated rings. The van der Waals surface area contributed by atoms with E-state index in [4.69, 9.17) is 9.47 Å². The smallest absolute Gasteiger partial charge is 0.411 e. The highest BCUT2D eigenvalue weighted by Crippen LogP contribution is 2.38. The Labute approximate surface area is 226 Å². The van der Waals surface area contributed by atoms with E-state index in [2.05, 4.69) is 78.5 Å². The van der Waals surface area contributed by atoms with Crippen LogP contribution in [-0.2, 0) is 26.4 Å². The summed E-state index contributed by atoms with van der Waals surface area (Å²) >= 11 is 0. The lowest BCUT2D eigenvalue weighted by Crippen LogP contribution is -2.50. The lowest BCUT2D eigenvalue weighted by atomic mass is 9.79. The number of hydrogen-bond donors (Lipinski definition) is 1. The number of likely N-dealkylation sites (tertiary alicyclic amines) is 1. The van der Waals surface area contributed by atoms with Crippen molar-refractivity contribution in [2.24, 2.45) is 0 Å². The van der Waals surface area contributed by atoms with Gasteiger partial charge in [-0.05, 0) is 71.0 Å². The van der Waals surface area contributed by atoms with Crippen molar-refractivity contribution in [2.45, 2.75) is 69.9 Å². The van der Waals surface area contributed by atoms with Crippen LogP contribution in [0.4, 0.5) is 10.5 Å². The minimum absolute atomic E-state index is 0.0494. The molecule has 2 atom stereocenters. The summed E-state index contributed by atoms with van der Waals surface area (Å²) in [5.74, 6) is -1.04. The molecular weight excluding hydrogens is 482 g/mol. The van der Waals surface area contributed by atoms with Gasteiger partial charge in [-0.25, -0.2) is 9.59 Å². The van der Waals surface area contributed by atoms with Crippen molar-refractivity contribution in [1.82, 2.24) is 9.80 Å². The summed E-state index contributed by atoms with van der Waals surface area (Å²) in [7, 11) is 4.35. The molecule has 0 aromatic heterocycles. The molecule has 0 aliphatic carbocycles. The summed E-state index contributed by atoms with van der Waals surface area (Å²) in [5, 5.41) is 9.60. The molecule has 2 aromatic carbocycles. The van der Waals surface area contributed by atoms with E-state index in [1.807, 2.05) is 0 Å². The molecule has 8 heteroatoms. The van der Waals surface area contributed by atoms with Crippen LogP contribution in [0.2, 0.25) is 0 Å². The summed E-state index contributed by atoms with van der Waals surface area (Å²) in [6, 6.07) is 18.2. The highest BCUT2D eigenvalue weighted by molar-refractivity contribution is 5.81. The number of carbonyl (C=O) groups is 2. The molecule has 1 N–H and O–H groups in total.